The minimum atomic E-state index is 0.505. The van der Waals surface area contributed by atoms with Gasteiger partial charge in [0.25, 0.3) is 0 Å². The summed E-state index contributed by atoms with van der Waals surface area (Å²) in [5.74, 6) is 0. The maximum absolute atomic E-state index is 5.57. The molecule has 2 N–H and O–H groups in total. The summed E-state index contributed by atoms with van der Waals surface area (Å²) in [5.41, 5.74) is 5.57. The summed E-state index contributed by atoms with van der Waals surface area (Å²) < 4.78 is 0. The summed E-state index contributed by atoms with van der Waals surface area (Å²) in [5, 5.41) is 0. The molecule has 0 aromatic carbocycles. The molecular weight excluding hydrogens is 206 g/mol. The molecule has 0 aliphatic carbocycles. The fourth-order valence-electron chi connectivity index (χ4n) is 2.26. The number of piperidine rings is 1. The molecule has 1 rings (SSSR count). The van der Waals surface area contributed by atoms with E-state index in [9.17, 15) is 0 Å². The minimum Gasteiger partial charge on any atom is -0.393 e. The Balaban J connectivity index is 2.33. The number of nitrogens with zero attached hydrogens (tertiary/aromatic N) is 2. The first-order valence-electron chi connectivity index (χ1n) is 5.69. The Bertz CT molecular complexity index is 210. The van der Waals surface area contributed by atoms with Crippen LogP contribution in [0.5, 0.6) is 0 Å². The van der Waals surface area contributed by atoms with Crippen molar-refractivity contribution < 1.29 is 0 Å². The number of likely N-dealkylation sites (tertiary alicyclic amines) is 1. The lowest BCUT2D eigenvalue weighted by Crippen LogP contribution is -2.46. The molecule has 1 unspecified atom stereocenters. The maximum Gasteiger partial charge on any atom is 0.0742 e. The summed E-state index contributed by atoms with van der Waals surface area (Å²) in [4.78, 5) is 5.46. The lowest BCUT2D eigenvalue weighted by molar-refractivity contribution is 0.117. The van der Waals surface area contributed by atoms with E-state index in [0.717, 1.165) is 12.5 Å². The van der Waals surface area contributed by atoms with Gasteiger partial charge in [0.2, 0.25) is 0 Å². The molecule has 0 saturated carbocycles. The molecule has 0 aromatic rings. The van der Waals surface area contributed by atoms with Crippen molar-refractivity contribution in [3.05, 3.63) is 0 Å². The summed E-state index contributed by atoms with van der Waals surface area (Å²) in [6.45, 7) is 4.56. The van der Waals surface area contributed by atoms with Gasteiger partial charge in [-0.15, -0.1) is 0 Å². The molecule has 0 spiro atoms. The molecule has 15 heavy (non-hydrogen) atoms. The third kappa shape index (κ3) is 4.05. The molecule has 1 fully saturated rings. The van der Waals surface area contributed by atoms with Crippen molar-refractivity contribution in [3.63, 3.8) is 0 Å². The van der Waals surface area contributed by atoms with E-state index in [1.165, 1.54) is 25.9 Å². The van der Waals surface area contributed by atoms with E-state index in [2.05, 4.69) is 30.8 Å². The Morgan fingerprint density at radius 1 is 1.47 bits per heavy atom. The van der Waals surface area contributed by atoms with E-state index < -0.39 is 0 Å². The first kappa shape index (κ1) is 12.9. The van der Waals surface area contributed by atoms with Gasteiger partial charge in [0.05, 0.1) is 4.99 Å². The lowest BCUT2D eigenvalue weighted by Gasteiger charge is -2.38. The van der Waals surface area contributed by atoms with Crippen LogP contribution in [0.3, 0.4) is 0 Å². The van der Waals surface area contributed by atoms with Crippen molar-refractivity contribution in [2.75, 3.05) is 27.2 Å². The second-order valence-electron chi connectivity index (χ2n) is 4.75. The quantitative estimate of drug-likeness (QED) is 0.731. The molecule has 1 atom stereocenters. The summed E-state index contributed by atoms with van der Waals surface area (Å²) in [7, 11) is 4.33. The molecule has 1 aliphatic heterocycles. The van der Waals surface area contributed by atoms with E-state index in [0.29, 0.717) is 11.0 Å². The molecule has 0 aromatic heterocycles. The highest BCUT2D eigenvalue weighted by atomic mass is 32.1. The highest BCUT2D eigenvalue weighted by Crippen LogP contribution is 2.17. The number of hydrogen-bond acceptors (Lipinski definition) is 3. The van der Waals surface area contributed by atoms with Crippen molar-refractivity contribution in [2.24, 2.45) is 5.73 Å². The van der Waals surface area contributed by atoms with Gasteiger partial charge >= 0.3 is 0 Å². The standard InChI is InChI=1S/C11H23N3S/c1-9(8-11(12)15)14-6-4-10(5-7-14)13(2)3/h9-10H,4-8H2,1-3H3,(H2,12,15). The summed E-state index contributed by atoms with van der Waals surface area (Å²) in [6.07, 6.45) is 3.37. The van der Waals surface area contributed by atoms with Crippen LogP contribution in [-0.4, -0.2) is 54.1 Å². The van der Waals surface area contributed by atoms with Crippen molar-refractivity contribution >= 4 is 17.2 Å². The van der Waals surface area contributed by atoms with Crippen LogP contribution in [0.2, 0.25) is 0 Å². The number of nitrogens with two attached hydrogens (primary N) is 1. The lowest BCUT2D eigenvalue weighted by atomic mass is 10.0. The Hall–Kier alpha value is -0.190. The molecule has 0 bridgehead atoms. The molecular formula is C11H23N3S. The van der Waals surface area contributed by atoms with Gasteiger partial charge in [0.15, 0.2) is 0 Å². The predicted octanol–water partition coefficient (Wildman–Crippen LogP) is 1.08. The van der Waals surface area contributed by atoms with Gasteiger partial charge in [-0.2, -0.15) is 0 Å². The van der Waals surface area contributed by atoms with Crippen LogP contribution in [0.25, 0.3) is 0 Å². The molecule has 1 aliphatic rings. The third-order valence-corrected chi connectivity index (χ3v) is 3.52. The average molecular weight is 229 g/mol. The van der Waals surface area contributed by atoms with E-state index >= 15 is 0 Å². The van der Waals surface area contributed by atoms with E-state index in [4.69, 9.17) is 18.0 Å². The highest BCUT2D eigenvalue weighted by Gasteiger charge is 2.23. The predicted molar refractivity (Wildman–Crippen MR) is 69.1 cm³/mol. The Labute approximate surface area is 98.6 Å². The van der Waals surface area contributed by atoms with Gasteiger partial charge in [-0.25, -0.2) is 0 Å². The number of rotatable bonds is 4. The van der Waals surface area contributed by atoms with E-state index in [1.54, 1.807) is 0 Å². The zero-order valence-corrected chi connectivity index (χ0v) is 10.9. The van der Waals surface area contributed by atoms with Gasteiger partial charge in [-0.1, -0.05) is 12.2 Å². The SMILES string of the molecule is CC(CC(N)=S)N1CCC(N(C)C)CC1. The Kier molecular flexibility index (Phi) is 4.96. The third-order valence-electron chi connectivity index (χ3n) is 3.35. The van der Waals surface area contributed by atoms with E-state index in [1.807, 2.05) is 0 Å². The number of hydrogen-bond donors (Lipinski definition) is 1. The van der Waals surface area contributed by atoms with Crippen LogP contribution in [-0.2, 0) is 0 Å². The zero-order chi connectivity index (χ0) is 11.4. The van der Waals surface area contributed by atoms with Crippen LogP contribution >= 0.6 is 12.2 Å². The van der Waals surface area contributed by atoms with Crippen LogP contribution in [0.4, 0.5) is 0 Å². The smallest absolute Gasteiger partial charge is 0.0742 e. The van der Waals surface area contributed by atoms with Crippen LogP contribution in [0.15, 0.2) is 0 Å². The first-order chi connectivity index (χ1) is 7.00. The molecule has 3 nitrogen and oxygen atoms in total. The zero-order valence-electron chi connectivity index (χ0n) is 10.1. The topological polar surface area (TPSA) is 32.5 Å². The summed E-state index contributed by atoms with van der Waals surface area (Å²) in [6, 6.07) is 1.25. The minimum absolute atomic E-state index is 0.505. The van der Waals surface area contributed by atoms with Gasteiger partial charge in [-0.05, 0) is 47.0 Å². The monoisotopic (exact) mass is 229 g/mol. The van der Waals surface area contributed by atoms with Crippen LogP contribution in [0.1, 0.15) is 26.2 Å². The van der Waals surface area contributed by atoms with Crippen molar-refractivity contribution in [1.82, 2.24) is 9.80 Å². The first-order valence-corrected chi connectivity index (χ1v) is 6.10. The van der Waals surface area contributed by atoms with Crippen molar-refractivity contribution in [1.29, 1.82) is 0 Å². The van der Waals surface area contributed by atoms with Crippen LogP contribution in [0, 0.1) is 0 Å². The van der Waals surface area contributed by atoms with Gasteiger partial charge < -0.3 is 15.5 Å². The highest BCUT2D eigenvalue weighted by molar-refractivity contribution is 7.80. The molecule has 88 valence electrons. The normalized spacial score (nSPS) is 21.9. The molecule has 1 saturated heterocycles. The van der Waals surface area contributed by atoms with Gasteiger partial charge in [-0.3, -0.25) is 0 Å². The molecule has 4 heteroatoms. The number of thiocarbonyl (C=S) groups is 1. The van der Waals surface area contributed by atoms with Gasteiger partial charge in [0, 0.05) is 18.5 Å². The van der Waals surface area contributed by atoms with Gasteiger partial charge in [0.1, 0.15) is 0 Å². The fourth-order valence-corrected chi connectivity index (χ4v) is 2.50. The summed E-state index contributed by atoms with van der Waals surface area (Å²) >= 11 is 4.95. The Morgan fingerprint density at radius 2 is 2.00 bits per heavy atom. The second kappa shape index (κ2) is 5.77. The van der Waals surface area contributed by atoms with Crippen molar-refractivity contribution in [2.45, 2.75) is 38.3 Å². The van der Waals surface area contributed by atoms with Crippen molar-refractivity contribution in [3.8, 4) is 0 Å². The van der Waals surface area contributed by atoms with E-state index in [-0.39, 0.29) is 0 Å². The fraction of sp³-hybridized carbons (Fsp3) is 0.909. The largest absolute Gasteiger partial charge is 0.393 e. The molecule has 0 radical (unpaired) electrons. The molecule has 1 heterocycles. The Morgan fingerprint density at radius 3 is 2.40 bits per heavy atom. The molecule has 0 amide bonds. The average Bonchev–Trinajstić information content (AvgIpc) is 2.17. The van der Waals surface area contributed by atoms with Crippen LogP contribution < -0.4 is 5.73 Å². The maximum atomic E-state index is 5.57. The second-order valence-corrected chi connectivity index (χ2v) is 5.27.